The molecule has 3 nitrogen and oxygen atoms in total. The van der Waals surface area contributed by atoms with Crippen LogP contribution in [0.5, 0.6) is 0 Å². The lowest BCUT2D eigenvalue weighted by molar-refractivity contribution is -0.135. The molecule has 6 heteroatoms. The minimum Gasteiger partial charge on any atom is -0.310 e. The minimum atomic E-state index is -4.07. The molecule has 19 heavy (non-hydrogen) atoms. The second-order valence-corrected chi connectivity index (χ2v) is 4.79. The van der Waals surface area contributed by atoms with E-state index in [4.69, 9.17) is 0 Å². The number of rotatable bonds is 6. The van der Waals surface area contributed by atoms with Gasteiger partial charge in [-0.3, -0.25) is 4.68 Å². The van der Waals surface area contributed by atoms with Crippen molar-refractivity contribution in [2.24, 2.45) is 0 Å². The maximum absolute atomic E-state index is 12.0. The average Bonchev–Trinajstić information content (AvgIpc) is 2.58. The maximum Gasteiger partial charge on any atom is 0.389 e. The number of aryl methyl sites for hydroxylation is 2. The van der Waals surface area contributed by atoms with Crippen LogP contribution in [-0.4, -0.2) is 22.5 Å². The van der Waals surface area contributed by atoms with Gasteiger partial charge in [0.2, 0.25) is 0 Å². The van der Waals surface area contributed by atoms with Gasteiger partial charge in [-0.2, -0.15) is 18.3 Å². The van der Waals surface area contributed by atoms with Gasteiger partial charge in [0, 0.05) is 30.3 Å². The Morgan fingerprint density at radius 2 is 1.95 bits per heavy atom. The van der Waals surface area contributed by atoms with E-state index in [0.29, 0.717) is 6.54 Å². The predicted octanol–water partition coefficient (Wildman–Crippen LogP) is 3.51. The second kappa shape index (κ2) is 6.41. The second-order valence-electron chi connectivity index (χ2n) is 4.79. The van der Waals surface area contributed by atoms with Gasteiger partial charge in [-0.15, -0.1) is 0 Å². The summed E-state index contributed by atoms with van der Waals surface area (Å²) in [5.41, 5.74) is 3.11. The molecular formula is C13H22F3N3. The molecule has 0 saturated carbocycles. The number of alkyl halides is 3. The van der Waals surface area contributed by atoms with Crippen LogP contribution < -0.4 is 5.32 Å². The van der Waals surface area contributed by atoms with Crippen LogP contribution in [0.3, 0.4) is 0 Å². The van der Waals surface area contributed by atoms with Gasteiger partial charge in [0.1, 0.15) is 0 Å². The van der Waals surface area contributed by atoms with E-state index in [1.54, 1.807) is 0 Å². The summed E-state index contributed by atoms with van der Waals surface area (Å²) in [7, 11) is 0. The first kappa shape index (κ1) is 16.0. The molecule has 110 valence electrons. The average molecular weight is 277 g/mol. The van der Waals surface area contributed by atoms with Gasteiger partial charge in [0.15, 0.2) is 0 Å². The Morgan fingerprint density at radius 3 is 2.42 bits per heavy atom. The molecular weight excluding hydrogens is 255 g/mol. The van der Waals surface area contributed by atoms with Crippen LogP contribution >= 0.6 is 0 Å². The Labute approximate surface area is 112 Å². The van der Waals surface area contributed by atoms with Crippen LogP contribution in [0, 0.1) is 13.8 Å². The van der Waals surface area contributed by atoms with E-state index in [1.807, 2.05) is 32.4 Å². The summed E-state index contributed by atoms with van der Waals surface area (Å²) in [6.07, 6.45) is -4.70. The molecule has 1 aromatic rings. The summed E-state index contributed by atoms with van der Waals surface area (Å²) in [6, 6.07) is 0.0218. The predicted molar refractivity (Wildman–Crippen MR) is 69.1 cm³/mol. The fraction of sp³-hybridized carbons (Fsp3) is 0.769. The highest BCUT2D eigenvalue weighted by Gasteiger charge is 2.26. The number of hydrogen-bond acceptors (Lipinski definition) is 2. The molecule has 1 N–H and O–H groups in total. The van der Waals surface area contributed by atoms with Crippen LogP contribution in [0.4, 0.5) is 13.2 Å². The molecule has 0 fully saturated rings. The largest absolute Gasteiger partial charge is 0.389 e. The van der Waals surface area contributed by atoms with E-state index in [-0.39, 0.29) is 12.5 Å². The number of nitrogens with zero attached hydrogens (tertiary/aromatic N) is 2. The summed E-state index contributed by atoms with van der Waals surface area (Å²) in [6.45, 7) is 9.06. The molecule has 0 aliphatic heterocycles. The van der Waals surface area contributed by atoms with Crippen molar-refractivity contribution in [1.82, 2.24) is 15.1 Å². The number of hydrogen-bond donors (Lipinski definition) is 1. The van der Waals surface area contributed by atoms with Crippen LogP contribution in [0.25, 0.3) is 0 Å². The smallest absolute Gasteiger partial charge is 0.310 e. The van der Waals surface area contributed by atoms with Gasteiger partial charge in [0.25, 0.3) is 0 Å². The molecule has 1 heterocycles. The van der Waals surface area contributed by atoms with Crippen molar-refractivity contribution >= 4 is 0 Å². The third-order valence-electron chi connectivity index (χ3n) is 3.26. The summed E-state index contributed by atoms with van der Waals surface area (Å²) < 4.78 is 38.0. The molecule has 0 aromatic carbocycles. The Hall–Kier alpha value is -1.04. The monoisotopic (exact) mass is 277 g/mol. The lowest BCUT2D eigenvalue weighted by atomic mass is 10.1. The lowest BCUT2D eigenvalue weighted by Crippen LogP contribution is -2.22. The highest BCUT2D eigenvalue weighted by atomic mass is 19.4. The Bertz CT molecular complexity index is 410. The quantitative estimate of drug-likeness (QED) is 0.806. The molecule has 1 atom stereocenters. The van der Waals surface area contributed by atoms with Crippen LogP contribution in [-0.2, 0) is 6.54 Å². The van der Waals surface area contributed by atoms with Crippen molar-refractivity contribution in [1.29, 1.82) is 0 Å². The van der Waals surface area contributed by atoms with E-state index in [9.17, 15) is 13.2 Å². The molecule has 1 unspecified atom stereocenters. The Balaban J connectivity index is 2.54. The van der Waals surface area contributed by atoms with Gasteiger partial charge in [-0.05, 0) is 40.7 Å². The highest BCUT2D eigenvalue weighted by Crippen LogP contribution is 2.23. The first-order valence-electron chi connectivity index (χ1n) is 6.60. The summed E-state index contributed by atoms with van der Waals surface area (Å²) in [5.74, 6) is 0. The van der Waals surface area contributed by atoms with Crippen molar-refractivity contribution in [2.45, 2.75) is 59.3 Å². The molecule has 0 amide bonds. The van der Waals surface area contributed by atoms with Crippen LogP contribution in [0.2, 0.25) is 0 Å². The molecule has 0 aliphatic carbocycles. The fourth-order valence-electron chi connectivity index (χ4n) is 2.35. The zero-order valence-corrected chi connectivity index (χ0v) is 11.9. The topological polar surface area (TPSA) is 29.9 Å². The Kier molecular flexibility index (Phi) is 5.40. The third-order valence-corrected chi connectivity index (χ3v) is 3.26. The van der Waals surface area contributed by atoms with E-state index in [0.717, 1.165) is 23.5 Å². The van der Waals surface area contributed by atoms with Gasteiger partial charge in [-0.1, -0.05) is 0 Å². The molecule has 0 spiro atoms. The zero-order chi connectivity index (χ0) is 14.6. The SMILES string of the molecule is CCn1nc(C)c(C(C)NCCCC(F)(F)F)c1C. The van der Waals surface area contributed by atoms with Gasteiger partial charge >= 0.3 is 6.18 Å². The summed E-state index contributed by atoms with van der Waals surface area (Å²) in [5, 5.41) is 7.55. The standard InChI is InChI=1S/C13H22F3N3/c1-5-19-11(4)12(10(3)18-19)9(2)17-8-6-7-13(14,15)16/h9,17H,5-8H2,1-4H3. The third kappa shape index (κ3) is 4.53. The first-order valence-corrected chi connectivity index (χ1v) is 6.60. The van der Waals surface area contributed by atoms with E-state index in [2.05, 4.69) is 10.4 Å². The lowest BCUT2D eigenvalue weighted by Gasteiger charge is -2.15. The van der Waals surface area contributed by atoms with Gasteiger partial charge < -0.3 is 5.32 Å². The van der Waals surface area contributed by atoms with Gasteiger partial charge in [0.05, 0.1) is 5.69 Å². The molecule has 0 radical (unpaired) electrons. The van der Waals surface area contributed by atoms with Crippen LogP contribution in [0.15, 0.2) is 0 Å². The zero-order valence-electron chi connectivity index (χ0n) is 11.9. The fourth-order valence-corrected chi connectivity index (χ4v) is 2.35. The van der Waals surface area contributed by atoms with Crippen molar-refractivity contribution in [3.63, 3.8) is 0 Å². The molecule has 1 rings (SSSR count). The maximum atomic E-state index is 12.0. The normalized spacial score (nSPS) is 13.8. The Morgan fingerprint density at radius 1 is 1.32 bits per heavy atom. The molecule has 1 aromatic heterocycles. The minimum absolute atomic E-state index is 0.0218. The van der Waals surface area contributed by atoms with E-state index < -0.39 is 12.6 Å². The highest BCUT2D eigenvalue weighted by molar-refractivity contribution is 5.27. The van der Waals surface area contributed by atoms with Gasteiger partial charge in [-0.25, -0.2) is 0 Å². The van der Waals surface area contributed by atoms with Crippen molar-refractivity contribution in [3.05, 3.63) is 17.0 Å². The molecule has 0 saturated heterocycles. The summed E-state index contributed by atoms with van der Waals surface area (Å²) in [4.78, 5) is 0. The summed E-state index contributed by atoms with van der Waals surface area (Å²) >= 11 is 0. The number of aromatic nitrogens is 2. The van der Waals surface area contributed by atoms with E-state index in [1.165, 1.54) is 0 Å². The number of nitrogens with one attached hydrogen (secondary N) is 1. The molecule has 0 bridgehead atoms. The number of halogens is 3. The van der Waals surface area contributed by atoms with Crippen molar-refractivity contribution < 1.29 is 13.2 Å². The first-order chi connectivity index (χ1) is 8.76. The van der Waals surface area contributed by atoms with Crippen molar-refractivity contribution in [3.8, 4) is 0 Å². The van der Waals surface area contributed by atoms with Crippen molar-refractivity contribution in [2.75, 3.05) is 6.54 Å². The van der Waals surface area contributed by atoms with E-state index >= 15 is 0 Å². The molecule has 0 aliphatic rings. The van der Waals surface area contributed by atoms with Crippen LogP contribution in [0.1, 0.15) is 49.7 Å².